The summed E-state index contributed by atoms with van der Waals surface area (Å²) < 4.78 is 9.95. The van der Waals surface area contributed by atoms with Crippen LogP contribution in [0.15, 0.2) is 18.2 Å². The van der Waals surface area contributed by atoms with Gasteiger partial charge in [0, 0.05) is 13.7 Å². The summed E-state index contributed by atoms with van der Waals surface area (Å²) in [5.74, 6) is -0.432. The third-order valence-corrected chi connectivity index (χ3v) is 2.70. The van der Waals surface area contributed by atoms with Gasteiger partial charge in [-0.25, -0.2) is 0 Å². The van der Waals surface area contributed by atoms with E-state index in [0.717, 1.165) is 0 Å². The van der Waals surface area contributed by atoms with Gasteiger partial charge in [-0.05, 0) is 18.2 Å². The Bertz CT molecular complexity index is 470. The molecule has 1 aliphatic heterocycles. The lowest BCUT2D eigenvalue weighted by molar-refractivity contribution is -0.114. The molecule has 0 N–H and O–H groups in total. The number of benzene rings is 1. The summed E-state index contributed by atoms with van der Waals surface area (Å²) in [4.78, 5) is 24.9. The number of ketones is 1. The second-order valence-corrected chi connectivity index (χ2v) is 3.66. The lowest BCUT2D eigenvalue weighted by atomic mass is 10.1. The van der Waals surface area contributed by atoms with Crippen LogP contribution in [0.4, 0.5) is 5.69 Å². The first-order chi connectivity index (χ1) is 8.19. The van der Waals surface area contributed by atoms with Crippen LogP contribution in [0.3, 0.4) is 0 Å². The molecule has 0 aliphatic carbocycles. The molecule has 5 heteroatoms. The number of fused-ring (bicyclic) bond motifs is 1. The number of carbonyl (C=O) groups is 2. The van der Waals surface area contributed by atoms with Gasteiger partial charge in [-0.3, -0.25) is 9.59 Å². The zero-order valence-electron chi connectivity index (χ0n) is 9.73. The highest BCUT2D eigenvalue weighted by atomic mass is 16.5. The zero-order chi connectivity index (χ0) is 12.4. The highest BCUT2D eigenvalue weighted by Gasteiger charge is 2.35. The normalized spacial score (nSPS) is 14.1. The van der Waals surface area contributed by atoms with Gasteiger partial charge >= 0.3 is 0 Å². The Balaban J connectivity index is 2.36. The highest BCUT2D eigenvalue weighted by Crippen LogP contribution is 2.31. The maximum atomic E-state index is 11.8. The topological polar surface area (TPSA) is 55.8 Å². The maximum absolute atomic E-state index is 11.8. The summed E-state index contributed by atoms with van der Waals surface area (Å²) in [7, 11) is 3.07. The van der Waals surface area contributed by atoms with Crippen molar-refractivity contribution in [1.82, 2.24) is 0 Å². The second kappa shape index (κ2) is 4.55. The summed E-state index contributed by atoms with van der Waals surface area (Å²) in [6.07, 6.45) is 0. The van der Waals surface area contributed by atoms with Crippen molar-refractivity contribution < 1.29 is 19.1 Å². The summed E-state index contributed by atoms with van der Waals surface area (Å²) in [5.41, 5.74) is 1.02. The van der Waals surface area contributed by atoms with Gasteiger partial charge in [0.25, 0.3) is 11.7 Å². The van der Waals surface area contributed by atoms with Crippen LogP contribution in [0.2, 0.25) is 0 Å². The predicted molar refractivity (Wildman–Crippen MR) is 61.6 cm³/mol. The van der Waals surface area contributed by atoms with E-state index in [1.54, 1.807) is 25.3 Å². The molecule has 5 nitrogen and oxygen atoms in total. The standard InChI is InChI=1S/C12H13NO4/c1-16-6-5-13-10-4-3-8(17-2)7-9(10)11(14)12(13)15/h3-4,7H,5-6H2,1-2H3. The molecule has 0 aromatic heterocycles. The van der Waals surface area contributed by atoms with Gasteiger partial charge in [0.2, 0.25) is 0 Å². The molecular weight excluding hydrogens is 222 g/mol. The van der Waals surface area contributed by atoms with Crippen LogP contribution in [-0.2, 0) is 9.53 Å². The van der Waals surface area contributed by atoms with Crippen molar-refractivity contribution in [2.45, 2.75) is 0 Å². The molecule has 0 fully saturated rings. The van der Waals surface area contributed by atoms with Crippen LogP contribution >= 0.6 is 0 Å². The fraction of sp³-hybridized carbons (Fsp3) is 0.333. The summed E-state index contributed by atoms with van der Waals surface area (Å²) >= 11 is 0. The van der Waals surface area contributed by atoms with Crippen molar-refractivity contribution in [3.8, 4) is 5.75 Å². The molecule has 0 bridgehead atoms. The number of Topliss-reactive ketones (excluding diaryl/α,β-unsaturated/α-hetero) is 1. The van der Waals surface area contributed by atoms with Crippen LogP contribution in [0.5, 0.6) is 5.75 Å². The minimum Gasteiger partial charge on any atom is -0.497 e. The maximum Gasteiger partial charge on any atom is 0.299 e. The SMILES string of the molecule is COCCN1C(=O)C(=O)c2cc(OC)ccc21. The number of carbonyl (C=O) groups excluding carboxylic acids is 2. The van der Waals surface area contributed by atoms with E-state index in [0.29, 0.717) is 30.2 Å². The van der Waals surface area contributed by atoms with Gasteiger partial charge in [-0.15, -0.1) is 0 Å². The van der Waals surface area contributed by atoms with Gasteiger partial charge in [0.1, 0.15) is 5.75 Å². The Morgan fingerprint density at radius 1 is 1.24 bits per heavy atom. The first-order valence-corrected chi connectivity index (χ1v) is 5.22. The van der Waals surface area contributed by atoms with Crippen molar-refractivity contribution in [3.05, 3.63) is 23.8 Å². The fourth-order valence-electron chi connectivity index (χ4n) is 1.81. The third-order valence-electron chi connectivity index (χ3n) is 2.70. The quantitative estimate of drug-likeness (QED) is 0.727. The van der Waals surface area contributed by atoms with Crippen molar-refractivity contribution in [3.63, 3.8) is 0 Å². The fourth-order valence-corrected chi connectivity index (χ4v) is 1.81. The largest absolute Gasteiger partial charge is 0.497 e. The third kappa shape index (κ3) is 1.89. The van der Waals surface area contributed by atoms with E-state index in [1.165, 1.54) is 12.0 Å². The van der Waals surface area contributed by atoms with E-state index < -0.39 is 11.7 Å². The first kappa shape index (κ1) is 11.6. The smallest absolute Gasteiger partial charge is 0.299 e. The van der Waals surface area contributed by atoms with Gasteiger partial charge in [0.05, 0.1) is 25.0 Å². The molecule has 90 valence electrons. The van der Waals surface area contributed by atoms with E-state index in [2.05, 4.69) is 0 Å². The molecule has 1 aromatic carbocycles. The molecule has 0 spiro atoms. The summed E-state index contributed by atoms with van der Waals surface area (Å²) in [5, 5.41) is 0. The number of ether oxygens (including phenoxy) is 2. The van der Waals surface area contributed by atoms with Crippen molar-refractivity contribution in [2.75, 3.05) is 32.3 Å². The monoisotopic (exact) mass is 235 g/mol. The van der Waals surface area contributed by atoms with Crippen LogP contribution in [0.25, 0.3) is 0 Å². The molecule has 0 atom stereocenters. The Labute approximate surface area is 98.9 Å². The van der Waals surface area contributed by atoms with Crippen molar-refractivity contribution >= 4 is 17.4 Å². The second-order valence-electron chi connectivity index (χ2n) is 3.66. The van der Waals surface area contributed by atoms with E-state index in [1.807, 2.05) is 0 Å². The molecule has 0 radical (unpaired) electrons. The van der Waals surface area contributed by atoms with Crippen LogP contribution in [0, 0.1) is 0 Å². The predicted octanol–water partition coefficient (Wildman–Crippen LogP) is 0.871. The summed E-state index contributed by atoms with van der Waals surface area (Å²) in [6.45, 7) is 0.769. The Hall–Kier alpha value is -1.88. The molecule has 1 heterocycles. The number of methoxy groups -OCH3 is 2. The Morgan fingerprint density at radius 2 is 2.00 bits per heavy atom. The molecule has 0 unspecified atom stereocenters. The number of hydrogen-bond acceptors (Lipinski definition) is 4. The number of hydrogen-bond donors (Lipinski definition) is 0. The molecule has 0 saturated heterocycles. The molecule has 1 aromatic rings. The number of rotatable bonds is 4. The summed E-state index contributed by atoms with van der Waals surface area (Å²) in [6, 6.07) is 5.03. The van der Waals surface area contributed by atoms with Crippen molar-refractivity contribution in [1.29, 1.82) is 0 Å². The number of nitrogens with zero attached hydrogens (tertiary/aromatic N) is 1. The average molecular weight is 235 g/mol. The average Bonchev–Trinajstić information content (AvgIpc) is 2.60. The van der Waals surface area contributed by atoms with Gasteiger partial charge in [-0.1, -0.05) is 0 Å². The lowest BCUT2D eigenvalue weighted by Gasteiger charge is -2.15. The van der Waals surface area contributed by atoms with Crippen LogP contribution in [-0.4, -0.2) is 39.1 Å². The Morgan fingerprint density at radius 3 is 2.65 bits per heavy atom. The minimum absolute atomic E-state index is 0.375. The number of amides is 1. The van der Waals surface area contributed by atoms with E-state index in [4.69, 9.17) is 9.47 Å². The molecule has 0 saturated carbocycles. The van der Waals surface area contributed by atoms with E-state index in [9.17, 15) is 9.59 Å². The molecule has 1 amide bonds. The Kier molecular flexibility index (Phi) is 3.10. The van der Waals surface area contributed by atoms with Gasteiger partial charge in [0.15, 0.2) is 0 Å². The van der Waals surface area contributed by atoms with Crippen LogP contribution in [0.1, 0.15) is 10.4 Å². The van der Waals surface area contributed by atoms with E-state index in [-0.39, 0.29) is 0 Å². The molecule has 17 heavy (non-hydrogen) atoms. The first-order valence-electron chi connectivity index (χ1n) is 5.22. The minimum atomic E-state index is -0.509. The van der Waals surface area contributed by atoms with Crippen LogP contribution < -0.4 is 9.64 Å². The number of anilines is 1. The molecule has 1 aliphatic rings. The molecular formula is C12H13NO4. The van der Waals surface area contributed by atoms with E-state index >= 15 is 0 Å². The lowest BCUT2D eigenvalue weighted by Crippen LogP contribution is -2.32. The zero-order valence-corrected chi connectivity index (χ0v) is 9.73. The van der Waals surface area contributed by atoms with Crippen molar-refractivity contribution in [2.24, 2.45) is 0 Å². The van der Waals surface area contributed by atoms with Gasteiger partial charge < -0.3 is 14.4 Å². The highest BCUT2D eigenvalue weighted by molar-refractivity contribution is 6.52. The van der Waals surface area contributed by atoms with Gasteiger partial charge in [-0.2, -0.15) is 0 Å². The molecule has 2 rings (SSSR count).